The summed E-state index contributed by atoms with van der Waals surface area (Å²) in [6, 6.07) is 25.4. The van der Waals surface area contributed by atoms with E-state index in [1.165, 1.54) is 0 Å². The summed E-state index contributed by atoms with van der Waals surface area (Å²) >= 11 is 6.83. The van der Waals surface area contributed by atoms with E-state index in [1.54, 1.807) is 0 Å². The van der Waals surface area contributed by atoms with Crippen molar-refractivity contribution in [2.24, 2.45) is 0 Å². The summed E-state index contributed by atoms with van der Waals surface area (Å²) < 4.78 is 2.00. The molecule has 28 heavy (non-hydrogen) atoms. The highest BCUT2D eigenvalue weighted by atomic mass is 79.9. The summed E-state index contributed by atoms with van der Waals surface area (Å²) in [5.74, 6) is 0. The van der Waals surface area contributed by atoms with Gasteiger partial charge in [0.2, 0.25) is 0 Å². The zero-order valence-corrected chi connectivity index (χ0v) is 17.9. The first kappa shape index (κ1) is 19.8. The molecule has 0 heterocycles. The maximum atomic E-state index is 9.55. The minimum atomic E-state index is 0.560. The average molecular weight is 490 g/mol. The van der Waals surface area contributed by atoms with E-state index in [9.17, 15) is 5.26 Å². The molecule has 3 aromatic carbocycles. The van der Waals surface area contributed by atoms with Crippen LogP contribution in [0.4, 0.5) is 0 Å². The zero-order valence-electron chi connectivity index (χ0n) is 14.7. The van der Waals surface area contributed by atoms with Gasteiger partial charge in [-0.05, 0) is 58.7 Å². The van der Waals surface area contributed by atoms with Crippen LogP contribution in [0.1, 0.15) is 22.3 Å². The SMILES string of the molecule is [C-]#[N+]/C(=C/c1ccc(Br)cc1)c1ccc(/C(C#N)=C/c2ccc(Br)cc2)cc1. The van der Waals surface area contributed by atoms with Crippen molar-refractivity contribution >= 4 is 55.3 Å². The summed E-state index contributed by atoms with van der Waals surface area (Å²) in [4.78, 5) is 3.66. The molecule has 3 rings (SSSR count). The summed E-state index contributed by atoms with van der Waals surface area (Å²) in [6.07, 6.45) is 3.71. The molecule has 134 valence electrons. The van der Waals surface area contributed by atoms with E-state index in [2.05, 4.69) is 42.8 Å². The fourth-order valence-corrected chi connectivity index (χ4v) is 3.15. The molecule has 0 aromatic heterocycles. The van der Waals surface area contributed by atoms with Gasteiger partial charge in [-0.2, -0.15) is 5.26 Å². The number of hydrogen-bond acceptors (Lipinski definition) is 1. The van der Waals surface area contributed by atoms with Gasteiger partial charge in [-0.15, -0.1) is 0 Å². The molecule has 0 unspecified atom stereocenters. The Morgan fingerprint density at radius 1 is 0.750 bits per heavy atom. The van der Waals surface area contributed by atoms with Crippen molar-refractivity contribution in [1.29, 1.82) is 5.26 Å². The summed E-state index contributed by atoms with van der Waals surface area (Å²) in [5.41, 5.74) is 4.70. The highest BCUT2D eigenvalue weighted by Crippen LogP contribution is 2.24. The molecule has 0 atom stereocenters. The van der Waals surface area contributed by atoms with Crippen molar-refractivity contribution in [3.63, 3.8) is 0 Å². The van der Waals surface area contributed by atoms with Crippen LogP contribution in [0.3, 0.4) is 0 Å². The van der Waals surface area contributed by atoms with Crippen molar-refractivity contribution in [1.82, 2.24) is 0 Å². The number of benzene rings is 3. The topological polar surface area (TPSA) is 28.1 Å². The second-order valence-electron chi connectivity index (χ2n) is 5.99. The first-order valence-electron chi connectivity index (χ1n) is 8.42. The standard InChI is InChI=1S/C24H14Br2N2/c1-28-24(15-18-4-12-23(26)13-5-18)20-8-6-19(7-9-20)21(16-27)14-17-2-10-22(25)11-3-17/h2-15H/b21-14+,24-15+. The monoisotopic (exact) mass is 488 g/mol. The molecule has 0 saturated heterocycles. The average Bonchev–Trinajstić information content (AvgIpc) is 2.73. The molecule has 0 saturated carbocycles. The Morgan fingerprint density at radius 2 is 1.21 bits per heavy atom. The normalized spacial score (nSPS) is 11.6. The number of rotatable bonds is 4. The van der Waals surface area contributed by atoms with Crippen molar-refractivity contribution < 1.29 is 0 Å². The van der Waals surface area contributed by atoms with Crippen LogP contribution in [0.15, 0.2) is 81.7 Å². The Hall–Kier alpha value is -2.92. The third-order valence-electron chi connectivity index (χ3n) is 4.09. The molecule has 0 aliphatic heterocycles. The van der Waals surface area contributed by atoms with E-state index in [-0.39, 0.29) is 0 Å². The molecule has 0 N–H and O–H groups in total. The molecule has 0 bridgehead atoms. The van der Waals surface area contributed by atoms with Gasteiger partial charge in [-0.1, -0.05) is 80.4 Å². The van der Waals surface area contributed by atoms with Gasteiger partial charge in [0, 0.05) is 8.95 Å². The number of hydrogen-bond donors (Lipinski definition) is 0. The van der Waals surface area contributed by atoms with E-state index in [4.69, 9.17) is 6.57 Å². The van der Waals surface area contributed by atoms with Gasteiger partial charge >= 0.3 is 0 Å². The van der Waals surface area contributed by atoms with E-state index in [0.29, 0.717) is 11.3 Å². The predicted molar refractivity (Wildman–Crippen MR) is 123 cm³/mol. The molecule has 4 heteroatoms. The number of halogens is 2. The van der Waals surface area contributed by atoms with Gasteiger partial charge in [0.1, 0.15) is 0 Å². The molecule has 0 radical (unpaired) electrons. The molecular formula is C24H14Br2N2. The highest BCUT2D eigenvalue weighted by Gasteiger charge is 2.05. The lowest BCUT2D eigenvalue weighted by molar-refractivity contribution is 1.51. The van der Waals surface area contributed by atoms with Gasteiger partial charge < -0.3 is 0 Å². The van der Waals surface area contributed by atoms with E-state index < -0.39 is 0 Å². The fraction of sp³-hybridized carbons (Fsp3) is 0. The van der Waals surface area contributed by atoms with Crippen LogP contribution >= 0.6 is 31.9 Å². The fourth-order valence-electron chi connectivity index (χ4n) is 2.62. The van der Waals surface area contributed by atoms with Crippen molar-refractivity contribution in [2.45, 2.75) is 0 Å². The van der Waals surface area contributed by atoms with Crippen molar-refractivity contribution in [2.75, 3.05) is 0 Å². The van der Waals surface area contributed by atoms with Crippen LogP contribution in [0.5, 0.6) is 0 Å². The minimum Gasteiger partial charge on any atom is -0.238 e. The second kappa shape index (κ2) is 9.33. The third kappa shape index (κ3) is 5.08. The lowest BCUT2D eigenvalue weighted by Gasteiger charge is -2.04. The van der Waals surface area contributed by atoms with Crippen molar-refractivity contribution in [3.8, 4) is 6.07 Å². The summed E-state index contributed by atoms with van der Waals surface area (Å²) in [7, 11) is 0. The first-order chi connectivity index (χ1) is 13.6. The van der Waals surface area contributed by atoms with E-state index in [1.807, 2.05) is 84.9 Å². The number of nitrogens with zero attached hydrogens (tertiary/aromatic N) is 2. The zero-order chi connectivity index (χ0) is 19.9. The van der Waals surface area contributed by atoms with Crippen LogP contribution in [0.25, 0.3) is 28.3 Å². The van der Waals surface area contributed by atoms with Gasteiger partial charge in [0.25, 0.3) is 0 Å². The largest absolute Gasteiger partial charge is 0.238 e. The van der Waals surface area contributed by atoms with Gasteiger partial charge in [-0.3, -0.25) is 0 Å². The maximum absolute atomic E-state index is 9.55. The van der Waals surface area contributed by atoms with Crippen LogP contribution < -0.4 is 0 Å². The van der Waals surface area contributed by atoms with Crippen LogP contribution in [-0.4, -0.2) is 0 Å². The molecule has 0 spiro atoms. The minimum absolute atomic E-state index is 0.560. The molecule has 0 amide bonds. The van der Waals surface area contributed by atoms with E-state index >= 15 is 0 Å². The molecule has 0 fully saturated rings. The summed E-state index contributed by atoms with van der Waals surface area (Å²) in [5, 5.41) is 9.55. The number of allylic oxidation sites excluding steroid dienone is 1. The Kier molecular flexibility index (Phi) is 6.61. The number of nitriles is 1. The quantitative estimate of drug-likeness (QED) is 0.209. The van der Waals surface area contributed by atoms with Crippen molar-refractivity contribution in [3.05, 3.63) is 115 Å². The maximum Gasteiger partial charge on any atom is 0.194 e. The molecule has 3 aromatic rings. The van der Waals surface area contributed by atoms with Gasteiger partial charge in [-0.25, -0.2) is 4.85 Å². The smallest absolute Gasteiger partial charge is 0.194 e. The van der Waals surface area contributed by atoms with Crippen LogP contribution in [0.2, 0.25) is 0 Å². The van der Waals surface area contributed by atoms with Gasteiger partial charge in [0.05, 0.1) is 18.2 Å². The Labute approximate surface area is 181 Å². The van der Waals surface area contributed by atoms with Crippen LogP contribution in [-0.2, 0) is 0 Å². The Morgan fingerprint density at radius 3 is 1.68 bits per heavy atom. The second-order valence-corrected chi connectivity index (χ2v) is 7.82. The third-order valence-corrected chi connectivity index (χ3v) is 5.14. The molecule has 0 aliphatic carbocycles. The Bertz CT molecular complexity index is 1020. The predicted octanol–water partition coefficient (Wildman–Crippen LogP) is 7.69. The Balaban J connectivity index is 1.89. The first-order valence-corrected chi connectivity index (χ1v) is 10.0. The van der Waals surface area contributed by atoms with Crippen LogP contribution in [0, 0.1) is 17.9 Å². The lowest BCUT2D eigenvalue weighted by atomic mass is 10.0. The highest BCUT2D eigenvalue weighted by molar-refractivity contribution is 9.10. The lowest BCUT2D eigenvalue weighted by Crippen LogP contribution is -1.85. The summed E-state index contributed by atoms with van der Waals surface area (Å²) in [6.45, 7) is 7.51. The molecule has 2 nitrogen and oxygen atoms in total. The molecule has 0 aliphatic rings. The van der Waals surface area contributed by atoms with E-state index in [0.717, 1.165) is 31.2 Å². The van der Waals surface area contributed by atoms with Gasteiger partial charge in [0.15, 0.2) is 5.70 Å². The molecular weight excluding hydrogens is 476 g/mol.